The van der Waals surface area contributed by atoms with Gasteiger partial charge >= 0.3 is 0 Å². The van der Waals surface area contributed by atoms with E-state index in [9.17, 15) is 28.8 Å². The maximum atomic E-state index is 11.8. The third-order valence-corrected chi connectivity index (χ3v) is 5.05. The van der Waals surface area contributed by atoms with Crippen molar-refractivity contribution in [3.05, 3.63) is 0 Å². The van der Waals surface area contributed by atoms with Crippen LogP contribution in [0.1, 0.15) is 19.8 Å². The zero-order chi connectivity index (χ0) is 28.0. The van der Waals surface area contributed by atoms with Crippen molar-refractivity contribution in [3.8, 4) is 0 Å². The summed E-state index contributed by atoms with van der Waals surface area (Å²) in [6, 6.07) is 0. The van der Waals surface area contributed by atoms with Crippen molar-refractivity contribution in [2.75, 3.05) is 85.6 Å². The first-order valence-corrected chi connectivity index (χ1v) is 12.5. The lowest BCUT2D eigenvalue weighted by Crippen LogP contribution is -2.38. The second-order valence-corrected chi connectivity index (χ2v) is 8.19. The molecule has 15 heteroatoms. The van der Waals surface area contributed by atoms with E-state index in [1.165, 1.54) is 0 Å². The van der Waals surface area contributed by atoms with E-state index in [0.717, 1.165) is 4.90 Å². The quantitative estimate of drug-likeness (QED) is 0.0582. The van der Waals surface area contributed by atoms with E-state index in [-0.39, 0.29) is 108 Å². The Balaban J connectivity index is 1.87. The Morgan fingerprint density at radius 2 is 1.32 bits per heavy atom. The summed E-state index contributed by atoms with van der Waals surface area (Å²) < 4.78 is 20.8. The number of carbonyl (C=O) groups excluding carboxylic acids is 6. The summed E-state index contributed by atoms with van der Waals surface area (Å²) in [4.78, 5) is 69.8. The molecule has 1 saturated heterocycles. The summed E-state index contributed by atoms with van der Waals surface area (Å²) in [5.41, 5.74) is 0. The van der Waals surface area contributed by atoms with Gasteiger partial charge in [-0.25, -0.2) is 0 Å². The largest absolute Gasteiger partial charge is 0.377 e. The van der Waals surface area contributed by atoms with E-state index in [1.807, 2.05) is 0 Å². The summed E-state index contributed by atoms with van der Waals surface area (Å²) in [6.45, 7) is 4.25. The highest BCUT2D eigenvalue weighted by atomic mass is 16.5. The van der Waals surface area contributed by atoms with Crippen LogP contribution in [-0.2, 0) is 47.7 Å². The van der Waals surface area contributed by atoms with Gasteiger partial charge in [0.25, 0.3) is 0 Å². The Morgan fingerprint density at radius 3 is 1.87 bits per heavy atom. The van der Waals surface area contributed by atoms with Crippen LogP contribution in [0.5, 0.6) is 0 Å². The van der Waals surface area contributed by atoms with E-state index in [0.29, 0.717) is 32.7 Å². The van der Waals surface area contributed by atoms with E-state index in [1.54, 1.807) is 6.92 Å². The number of ether oxygens (including phenoxy) is 4. The molecule has 4 N–H and O–H groups in total. The third kappa shape index (κ3) is 15.9. The minimum absolute atomic E-state index is 0.0113. The molecule has 0 aromatic heterocycles. The predicted octanol–water partition coefficient (Wildman–Crippen LogP) is -3.07. The molecule has 1 aliphatic heterocycles. The van der Waals surface area contributed by atoms with Gasteiger partial charge < -0.3 is 40.2 Å². The van der Waals surface area contributed by atoms with Gasteiger partial charge in [0, 0.05) is 51.5 Å². The zero-order valence-electron chi connectivity index (χ0n) is 21.8. The van der Waals surface area contributed by atoms with Gasteiger partial charge in [-0.15, -0.1) is 0 Å². The Labute approximate surface area is 221 Å². The lowest BCUT2D eigenvalue weighted by Gasteiger charge is -2.14. The predicted molar refractivity (Wildman–Crippen MR) is 131 cm³/mol. The zero-order valence-corrected chi connectivity index (χ0v) is 21.8. The van der Waals surface area contributed by atoms with Crippen molar-refractivity contribution in [1.82, 2.24) is 26.2 Å². The molecular weight excluding hydrogens is 506 g/mol. The molecule has 0 aliphatic carbocycles. The first kappa shape index (κ1) is 32.9. The molecule has 0 spiro atoms. The van der Waals surface area contributed by atoms with Gasteiger partial charge in [0.1, 0.15) is 13.2 Å². The Kier molecular flexibility index (Phi) is 18.1. The third-order valence-electron chi connectivity index (χ3n) is 5.05. The number of rotatable bonds is 23. The van der Waals surface area contributed by atoms with E-state index in [4.69, 9.17) is 18.9 Å². The van der Waals surface area contributed by atoms with Crippen molar-refractivity contribution in [2.45, 2.75) is 19.8 Å². The lowest BCUT2D eigenvalue weighted by molar-refractivity contribution is -0.139. The molecule has 0 bridgehead atoms. The fourth-order valence-electron chi connectivity index (χ4n) is 3.11. The average molecular weight is 546 g/mol. The number of likely N-dealkylation sites (tertiary alicyclic amines) is 1. The monoisotopic (exact) mass is 545 g/mol. The fraction of sp³-hybridized carbons (Fsp3) is 0.739. The van der Waals surface area contributed by atoms with Gasteiger partial charge in [-0.1, -0.05) is 6.92 Å². The molecule has 0 aromatic carbocycles. The number of hydrogen-bond donors (Lipinski definition) is 4. The van der Waals surface area contributed by atoms with E-state index >= 15 is 0 Å². The van der Waals surface area contributed by atoms with Crippen LogP contribution in [0.15, 0.2) is 0 Å². The Bertz CT molecular complexity index is 767. The summed E-state index contributed by atoms with van der Waals surface area (Å²) in [5, 5.41) is 10.3. The second-order valence-electron chi connectivity index (χ2n) is 8.19. The van der Waals surface area contributed by atoms with Crippen LogP contribution in [0.4, 0.5) is 0 Å². The topological polar surface area (TPSA) is 191 Å². The standard InChI is InChI=1S/C23H39N5O10/c1-18-14-22(33)28(23(18)34)7-2-19(30)25-3-4-26-20(31)15-37-13-11-36-9-6-27-21(32)16-38-12-10-35-8-5-24-17-29/h17-18H,2-16H2,1H3,(H,24,29)(H,25,30)(H,26,31)(H,27,32). The maximum absolute atomic E-state index is 11.8. The molecule has 0 aromatic rings. The maximum Gasteiger partial charge on any atom is 0.246 e. The van der Waals surface area contributed by atoms with Crippen LogP contribution in [-0.4, -0.2) is 126 Å². The van der Waals surface area contributed by atoms with Gasteiger partial charge in [0.05, 0.1) is 39.6 Å². The molecule has 1 aliphatic rings. The van der Waals surface area contributed by atoms with Crippen LogP contribution < -0.4 is 21.3 Å². The minimum Gasteiger partial charge on any atom is -0.377 e. The molecule has 1 fully saturated rings. The van der Waals surface area contributed by atoms with Crippen molar-refractivity contribution in [1.29, 1.82) is 0 Å². The molecule has 1 heterocycles. The smallest absolute Gasteiger partial charge is 0.246 e. The van der Waals surface area contributed by atoms with Crippen molar-refractivity contribution < 1.29 is 47.7 Å². The van der Waals surface area contributed by atoms with Gasteiger partial charge in [0.15, 0.2) is 0 Å². The Hall–Kier alpha value is -3.14. The van der Waals surface area contributed by atoms with Crippen LogP contribution >= 0.6 is 0 Å². The summed E-state index contributed by atoms with van der Waals surface area (Å²) in [6.07, 6.45) is 0.778. The number of amides is 6. The molecule has 216 valence electrons. The molecule has 0 radical (unpaired) electrons. The Morgan fingerprint density at radius 1 is 0.789 bits per heavy atom. The van der Waals surface area contributed by atoms with Crippen LogP contribution in [0.3, 0.4) is 0 Å². The van der Waals surface area contributed by atoms with Crippen LogP contribution in [0.25, 0.3) is 0 Å². The van der Waals surface area contributed by atoms with Gasteiger partial charge in [-0.3, -0.25) is 33.7 Å². The molecule has 6 amide bonds. The first-order chi connectivity index (χ1) is 18.3. The first-order valence-electron chi connectivity index (χ1n) is 12.5. The van der Waals surface area contributed by atoms with Crippen molar-refractivity contribution in [3.63, 3.8) is 0 Å². The van der Waals surface area contributed by atoms with Gasteiger partial charge in [-0.05, 0) is 0 Å². The molecule has 15 nitrogen and oxygen atoms in total. The summed E-state index contributed by atoms with van der Waals surface area (Å²) >= 11 is 0. The van der Waals surface area contributed by atoms with Crippen LogP contribution in [0.2, 0.25) is 0 Å². The highest BCUT2D eigenvalue weighted by molar-refractivity contribution is 6.03. The second kappa shape index (κ2) is 20.9. The molecular formula is C23H39N5O10. The molecule has 38 heavy (non-hydrogen) atoms. The van der Waals surface area contributed by atoms with E-state index < -0.39 is 0 Å². The number of nitrogens with one attached hydrogen (secondary N) is 4. The highest BCUT2D eigenvalue weighted by Crippen LogP contribution is 2.18. The molecule has 0 saturated carbocycles. The minimum atomic E-state index is -0.350. The number of nitrogens with zero attached hydrogens (tertiary/aromatic N) is 1. The van der Waals surface area contributed by atoms with Crippen molar-refractivity contribution in [2.24, 2.45) is 5.92 Å². The van der Waals surface area contributed by atoms with Crippen LogP contribution in [0, 0.1) is 5.92 Å². The highest BCUT2D eigenvalue weighted by Gasteiger charge is 2.35. The molecule has 1 atom stereocenters. The summed E-state index contributed by atoms with van der Waals surface area (Å²) in [5.74, 6) is -1.81. The summed E-state index contributed by atoms with van der Waals surface area (Å²) in [7, 11) is 0. The fourth-order valence-corrected chi connectivity index (χ4v) is 3.11. The number of carbonyl (C=O) groups is 6. The van der Waals surface area contributed by atoms with Crippen molar-refractivity contribution >= 4 is 35.9 Å². The SMILES string of the molecule is CC1CC(=O)N(CCC(=O)NCCNC(=O)COCCOCCNC(=O)COCCOCCNC=O)C1=O. The van der Waals surface area contributed by atoms with Gasteiger partial charge in [0.2, 0.25) is 35.9 Å². The lowest BCUT2D eigenvalue weighted by atomic mass is 10.1. The van der Waals surface area contributed by atoms with E-state index in [2.05, 4.69) is 21.3 Å². The number of hydrogen-bond acceptors (Lipinski definition) is 10. The number of imide groups is 1. The normalized spacial score (nSPS) is 14.9. The van der Waals surface area contributed by atoms with Gasteiger partial charge in [-0.2, -0.15) is 0 Å². The molecule has 1 unspecified atom stereocenters. The molecule has 1 rings (SSSR count). The average Bonchev–Trinajstić information content (AvgIpc) is 3.13.